The van der Waals surface area contributed by atoms with Crippen molar-refractivity contribution in [3.63, 3.8) is 0 Å². The monoisotopic (exact) mass is 352 g/mol. The van der Waals surface area contributed by atoms with Crippen molar-refractivity contribution in [2.45, 2.75) is 0 Å². The van der Waals surface area contributed by atoms with Crippen molar-refractivity contribution in [2.24, 2.45) is 0 Å². The Morgan fingerprint density at radius 3 is 2.38 bits per heavy atom. The molecule has 132 valence electrons. The van der Waals surface area contributed by atoms with E-state index in [9.17, 15) is 19.2 Å². The molecule has 26 heavy (non-hydrogen) atoms. The molecule has 0 N–H and O–H groups in total. The van der Waals surface area contributed by atoms with E-state index >= 15 is 0 Å². The first-order valence-corrected chi connectivity index (χ1v) is 7.91. The third-order valence-corrected chi connectivity index (χ3v) is 4.04. The molecule has 1 aliphatic rings. The van der Waals surface area contributed by atoms with Crippen molar-refractivity contribution in [3.8, 4) is 0 Å². The third-order valence-electron chi connectivity index (χ3n) is 4.04. The summed E-state index contributed by atoms with van der Waals surface area (Å²) in [6, 6.07) is 15.3. The average molecular weight is 352 g/mol. The molecule has 7 heteroatoms. The molecule has 2 aromatic rings. The molecule has 0 aromatic heterocycles. The predicted molar refractivity (Wildman–Crippen MR) is 93.9 cm³/mol. The molecule has 0 atom stereocenters. The number of para-hydroxylation sites is 2. The zero-order valence-electron chi connectivity index (χ0n) is 14.0. The van der Waals surface area contributed by atoms with E-state index in [1.165, 1.54) is 11.0 Å². The van der Waals surface area contributed by atoms with Crippen LogP contribution in [0.15, 0.2) is 54.6 Å². The van der Waals surface area contributed by atoms with Gasteiger partial charge in [0.2, 0.25) is 0 Å². The first-order valence-electron chi connectivity index (χ1n) is 7.91. The minimum absolute atomic E-state index is 0.255. The van der Waals surface area contributed by atoms with Crippen LogP contribution in [0.5, 0.6) is 0 Å². The lowest BCUT2D eigenvalue weighted by atomic mass is 10.1. The molecule has 0 aliphatic carbocycles. The van der Waals surface area contributed by atoms with Crippen molar-refractivity contribution in [3.05, 3.63) is 60.2 Å². The number of amides is 2. The maximum absolute atomic E-state index is 12.1. The molecule has 1 aliphatic heterocycles. The van der Waals surface area contributed by atoms with Crippen LogP contribution < -0.4 is 9.80 Å². The van der Waals surface area contributed by atoms with Crippen LogP contribution in [-0.2, 0) is 19.1 Å². The lowest BCUT2D eigenvalue weighted by molar-refractivity contribution is -0.146. The van der Waals surface area contributed by atoms with E-state index in [-0.39, 0.29) is 5.56 Å². The van der Waals surface area contributed by atoms with Crippen LogP contribution in [0.1, 0.15) is 10.4 Å². The number of hydrogen-bond donors (Lipinski definition) is 0. The van der Waals surface area contributed by atoms with Crippen LogP contribution >= 0.6 is 0 Å². The maximum atomic E-state index is 12.1. The summed E-state index contributed by atoms with van der Waals surface area (Å²) < 4.78 is 4.97. The fourth-order valence-electron chi connectivity index (χ4n) is 2.61. The second-order valence-corrected chi connectivity index (χ2v) is 5.69. The Hall–Kier alpha value is -3.48. The maximum Gasteiger partial charge on any atom is 0.326 e. The lowest BCUT2D eigenvalue weighted by Crippen LogP contribution is -2.37. The minimum Gasteiger partial charge on any atom is -0.454 e. The minimum atomic E-state index is -0.782. The number of nitrogens with zero attached hydrogens (tertiary/aromatic N) is 2. The van der Waals surface area contributed by atoms with E-state index in [1.807, 2.05) is 6.07 Å². The predicted octanol–water partition coefficient (Wildman–Crippen LogP) is 1.42. The molecule has 2 amide bonds. The number of ether oxygens (including phenoxy) is 1. The number of carbonyl (C=O) groups excluding carboxylic acids is 4. The number of carbonyl (C=O) groups is 4. The zero-order valence-corrected chi connectivity index (χ0v) is 14.0. The summed E-state index contributed by atoms with van der Waals surface area (Å²) >= 11 is 0. The van der Waals surface area contributed by atoms with Gasteiger partial charge in [-0.25, -0.2) is 0 Å². The van der Waals surface area contributed by atoms with E-state index in [1.54, 1.807) is 49.5 Å². The number of rotatable bonds is 5. The van der Waals surface area contributed by atoms with E-state index < -0.39 is 36.7 Å². The molecule has 0 fully saturated rings. The van der Waals surface area contributed by atoms with Crippen molar-refractivity contribution in [1.29, 1.82) is 0 Å². The molecule has 0 bridgehead atoms. The SMILES string of the molecule is CN(C(=O)COC(=O)CN1C(=O)C(=O)c2ccccc21)c1ccccc1. The fourth-order valence-corrected chi connectivity index (χ4v) is 2.61. The largest absolute Gasteiger partial charge is 0.454 e. The van der Waals surface area contributed by atoms with Crippen molar-refractivity contribution in [2.75, 3.05) is 30.0 Å². The third kappa shape index (κ3) is 3.32. The van der Waals surface area contributed by atoms with Gasteiger partial charge in [-0.1, -0.05) is 30.3 Å². The van der Waals surface area contributed by atoms with Gasteiger partial charge < -0.3 is 9.64 Å². The normalized spacial score (nSPS) is 12.7. The van der Waals surface area contributed by atoms with Crippen molar-refractivity contribution in [1.82, 2.24) is 0 Å². The van der Waals surface area contributed by atoms with E-state index in [0.29, 0.717) is 11.4 Å². The van der Waals surface area contributed by atoms with Crippen molar-refractivity contribution < 1.29 is 23.9 Å². The Bertz CT molecular complexity index is 879. The summed E-state index contributed by atoms with van der Waals surface area (Å²) in [5.41, 5.74) is 1.29. The molecule has 2 aromatic carbocycles. The van der Waals surface area contributed by atoms with Gasteiger partial charge in [0, 0.05) is 12.7 Å². The lowest BCUT2D eigenvalue weighted by Gasteiger charge is -2.18. The van der Waals surface area contributed by atoms with Gasteiger partial charge in [0.05, 0.1) is 11.3 Å². The standard InChI is InChI=1S/C19H16N2O5/c1-20(13-7-3-2-4-8-13)16(22)12-26-17(23)11-21-15-10-6-5-9-14(15)18(24)19(21)25/h2-10H,11-12H2,1H3. The fraction of sp³-hybridized carbons (Fsp3) is 0.158. The van der Waals surface area contributed by atoms with E-state index in [4.69, 9.17) is 4.74 Å². The Balaban J connectivity index is 1.59. The highest BCUT2D eigenvalue weighted by atomic mass is 16.5. The average Bonchev–Trinajstić information content (AvgIpc) is 2.91. The number of likely N-dealkylation sites (N-methyl/N-ethyl adjacent to an activating group) is 1. The quantitative estimate of drug-likeness (QED) is 0.600. The molecular weight excluding hydrogens is 336 g/mol. The number of esters is 1. The van der Waals surface area contributed by atoms with Gasteiger partial charge in [0.25, 0.3) is 17.6 Å². The van der Waals surface area contributed by atoms with E-state index in [0.717, 1.165) is 4.90 Å². The van der Waals surface area contributed by atoms with Crippen LogP contribution in [0.25, 0.3) is 0 Å². The molecule has 3 rings (SSSR count). The van der Waals surface area contributed by atoms with Gasteiger partial charge in [-0.15, -0.1) is 0 Å². The van der Waals surface area contributed by atoms with Crippen LogP contribution in [0, 0.1) is 0 Å². The second-order valence-electron chi connectivity index (χ2n) is 5.69. The number of fused-ring (bicyclic) bond motifs is 1. The second kappa shape index (κ2) is 7.18. The summed E-state index contributed by atoms with van der Waals surface area (Å²) in [6.45, 7) is -0.883. The van der Waals surface area contributed by atoms with Crippen LogP contribution in [-0.4, -0.2) is 43.8 Å². The van der Waals surface area contributed by atoms with Gasteiger partial charge in [0.15, 0.2) is 6.61 Å². The first-order chi connectivity index (χ1) is 12.5. The molecule has 0 spiro atoms. The highest BCUT2D eigenvalue weighted by Gasteiger charge is 2.36. The van der Waals surface area contributed by atoms with E-state index in [2.05, 4.69) is 0 Å². The zero-order chi connectivity index (χ0) is 18.7. The first kappa shape index (κ1) is 17.3. The number of hydrogen-bond acceptors (Lipinski definition) is 5. The highest BCUT2D eigenvalue weighted by molar-refractivity contribution is 6.52. The Labute approximate surface area is 149 Å². The highest BCUT2D eigenvalue weighted by Crippen LogP contribution is 2.28. The van der Waals surface area contributed by atoms with Crippen LogP contribution in [0.4, 0.5) is 11.4 Å². The summed E-state index contributed by atoms with van der Waals surface area (Å²) in [7, 11) is 1.57. The number of benzene rings is 2. The molecule has 7 nitrogen and oxygen atoms in total. The molecule has 1 heterocycles. The van der Waals surface area contributed by atoms with Gasteiger partial charge in [0.1, 0.15) is 6.54 Å². The van der Waals surface area contributed by atoms with Gasteiger partial charge >= 0.3 is 5.97 Å². The molecular formula is C19H16N2O5. The Morgan fingerprint density at radius 2 is 1.65 bits per heavy atom. The van der Waals surface area contributed by atoms with Gasteiger partial charge in [-0.2, -0.15) is 0 Å². The van der Waals surface area contributed by atoms with Crippen molar-refractivity contribution >= 4 is 34.9 Å². The Kier molecular flexibility index (Phi) is 4.79. The summed E-state index contributed by atoms with van der Waals surface area (Å²) in [5.74, 6) is -2.62. The number of Topliss-reactive ketones (excluding diaryl/α,β-unsaturated/α-hetero) is 1. The molecule has 0 saturated carbocycles. The Morgan fingerprint density at radius 1 is 1.00 bits per heavy atom. The van der Waals surface area contributed by atoms with Crippen LogP contribution in [0.3, 0.4) is 0 Å². The number of anilines is 2. The molecule has 0 unspecified atom stereocenters. The smallest absolute Gasteiger partial charge is 0.326 e. The topological polar surface area (TPSA) is 84.0 Å². The summed E-state index contributed by atoms with van der Waals surface area (Å²) in [4.78, 5) is 50.5. The molecule has 0 saturated heterocycles. The number of ketones is 1. The summed E-state index contributed by atoms with van der Waals surface area (Å²) in [6.07, 6.45) is 0. The summed E-state index contributed by atoms with van der Waals surface area (Å²) in [5, 5.41) is 0. The van der Waals surface area contributed by atoms with Gasteiger partial charge in [-0.05, 0) is 24.3 Å². The molecule has 0 radical (unpaired) electrons. The van der Waals surface area contributed by atoms with Gasteiger partial charge in [-0.3, -0.25) is 24.1 Å². The van der Waals surface area contributed by atoms with Crippen LogP contribution in [0.2, 0.25) is 0 Å².